The van der Waals surface area contributed by atoms with E-state index in [9.17, 15) is 9.59 Å². The molecule has 1 amide bonds. The predicted molar refractivity (Wildman–Crippen MR) is 69.4 cm³/mol. The van der Waals surface area contributed by atoms with E-state index in [-0.39, 0.29) is 6.61 Å². The van der Waals surface area contributed by atoms with Crippen LogP contribution in [-0.2, 0) is 9.53 Å². The number of carbonyl (C=O) groups is 2. The number of amides is 1. The number of carbonyl (C=O) groups excluding carboxylic acids is 2. The van der Waals surface area contributed by atoms with E-state index < -0.39 is 17.9 Å². The van der Waals surface area contributed by atoms with Crippen LogP contribution in [0.2, 0.25) is 0 Å². The number of hydrogen-bond donors (Lipinski definition) is 2. The largest absolute Gasteiger partial charge is 0.467 e. The third kappa shape index (κ3) is 4.12. The summed E-state index contributed by atoms with van der Waals surface area (Å²) in [6, 6.07) is 5.96. The maximum absolute atomic E-state index is 12.0. The molecule has 0 radical (unpaired) electrons. The van der Waals surface area contributed by atoms with Crippen LogP contribution >= 0.6 is 0 Å². The van der Waals surface area contributed by atoms with Crippen LogP contribution in [0.15, 0.2) is 24.3 Å². The smallest absolute Gasteiger partial charge is 0.328 e. The van der Waals surface area contributed by atoms with Gasteiger partial charge in [0.05, 0.1) is 12.7 Å². The van der Waals surface area contributed by atoms with Crippen molar-refractivity contribution in [2.75, 3.05) is 13.7 Å². The molecule has 0 bridgehead atoms. The number of rotatable bonds is 3. The number of aliphatic hydroxyl groups excluding tert-OH is 1. The molecule has 1 aromatic carbocycles. The number of aliphatic hydroxyl groups is 1. The molecule has 1 rings (SSSR count). The minimum absolute atomic E-state index is 0.283. The van der Waals surface area contributed by atoms with E-state index in [4.69, 9.17) is 5.11 Å². The van der Waals surface area contributed by atoms with Crippen LogP contribution in [0.3, 0.4) is 0 Å². The number of esters is 1. The van der Waals surface area contributed by atoms with E-state index in [0.717, 1.165) is 0 Å². The summed E-state index contributed by atoms with van der Waals surface area (Å²) in [5.74, 6) is 4.23. The standard InChI is InChI=1S/C14H15NO4/c1-10(14(18)19-2)15-13(17)12-8-4-3-6-11(12)7-5-9-16/h3-4,6,8,10,16H,9H2,1-2H3,(H,15,17). The van der Waals surface area contributed by atoms with Crippen LogP contribution in [0, 0.1) is 11.8 Å². The van der Waals surface area contributed by atoms with E-state index in [0.29, 0.717) is 11.1 Å². The summed E-state index contributed by atoms with van der Waals surface area (Å²) in [5, 5.41) is 11.2. The second-order valence-corrected chi connectivity index (χ2v) is 3.72. The summed E-state index contributed by atoms with van der Waals surface area (Å²) in [5.41, 5.74) is 0.838. The Kier molecular flexibility index (Phi) is 5.58. The van der Waals surface area contributed by atoms with Crippen molar-refractivity contribution in [2.24, 2.45) is 0 Å². The second-order valence-electron chi connectivity index (χ2n) is 3.72. The molecule has 0 aliphatic rings. The van der Waals surface area contributed by atoms with Crippen molar-refractivity contribution >= 4 is 11.9 Å². The molecule has 0 saturated heterocycles. The van der Waals surface area contributed by atoms with Crippen molar-refractivity contribution in [1.29, 1.82) is 0 Å². The number of nitrogens with one attached hydrogen (secondary N) is 1. The SMILES string of the molecule is COC(=O)C(C)NC(=O)c1ccccc1C#CCO. The van der Waals surface area contributed by atoms with E-state index in [1.807, 2.05) is 0 Å². The normalized spacial score (nSPS) is 10.9. The van der Waals surface area contributed by atoms with Crippen LogP contribution in [0.5, 0.6) is 0 Å². The molecule has 0 aliphatic carbocycles. The molecule has 100 valence electrons. The van der Waals surface area contributed by atoms with Crippen molar-refractivity contribution in [2.45, 2.75) is 13.0 Å². The van der Waals surface area contributed by atoms with Crippen LogP contribution in [0.25, 0.3) is 0 Å². The Morgan fingerprint density at radius 2 is 2.11 bits per heavy atom. The average molecular weight is 261 g/mol. The molecule has 0 aromatic heterocycles. The lowest BCUT2D eigenvalue weighted by Crippen LogP contribution is -2.39. The Balaban J connectivity index is 2.91. The van der Waals surface area contributed by atoms with Gasteiger partial charge in [0.25, 0.3) is 5.91 Å². The lowest BCUT2D eigenvalue weighted by molar-refractivity contribution is -0.142. The Bertz CT molecular complexity index is 528. The highest BCUT2D eigenvalue weighted by Gasteiger charge is 2.18. The molecular weight excluding hydrogens is 246 g/mol. The zero-order valence-corrected chi connectivity index (χ0v) is 10.8. The Morgan fingerprint density at radius 1 is 1.42 bits per heavy atom. The van der Waals surface area contributed by atoms with Crippen molar-refractivity contribution in [1.82, 2.24) is 5.32 Å². The van der Waals surface area contributed by atoms with Gasteiger partial charge in [0.15, 0.2) is 0 Å². The van der Waals surface area contributed by atoms with Crippen molar-refractivity contribution in [3.05, 3.63) is 35.4 Å². The maximum atomic E-state index is 12.0. The molecule has 5 heteroatoms. The van der Waals surface area contributed by atoms with Gasteiger partial charge in [-0.1, -0.05) is 24.0 Å². The van der Waals surface area contributed by atoms with Gasteiger partial charge in [-0.05, 0) is 19.1 Å². The first kappa shape index (κ1) is 14.7. The van der Waals surface area contributed by atoms with Crippen LogP contribution < -0.4 is 5.32 Å². The Hall–Kier alpha value is -2.32. The third-order valence-electron chi connectivity index (χ3n) is 2.38. The van der Waals surface area contributed by atoms with Gasteiger partial charge in [0, 0.05) is 5.56 Å². The van der Waals surface area contributed by atoms with Crippen LogP contribution in [0.4, 0.5) is 0 Å². The first-order valence-corrected chi connectivity index (χ1v) is 5.67. The summed E-state index contributed by atoms with van der Waals surface area (Å²) in [7, 11) is 1.26. The maximum Gasteiger partial charge on any atom is 0.328 e. The first-order valence-electron chi connectivity index (χ1n) is 5.67. The summed E-state index contributed by atoms with van der Waals surface area (Å²) < 4.78 is 4.53. The Labute approximate surface area is 111 Å². The van der Waals surface area contributed by atoms with Gasteiger partial charge < -0.3 is 15.2 Å². The van der Waals surface area contributed by atoms with Crippen LogP contribution in [0.1, 0.15) is 22.8 Å². The fraction of sp³-hybridized carbons (Fsp3) is 0.286. The fourth-order valence-corrected chi connectivity index (χ4v) is 1.43. The van der Waals surface area contributed by atoms with Gasteiger partial charge >= 0.3 is 5.97 Å². The zero-order valence-electron chi connectivity index (χ0n) is 10.8. The third-order valence-corrected chi connectivity index (χ3v) is 2.38. The molecule has 0 heterocycles. The molecule has 0 fully saturated rings. The summed E-state index contributed by atoms with van der Waals surface area (Å²) in [6.45, 7) is 1.25. The highest BCUT2D eigenvalue weighted by Crippen LogP contribution is 2.07. The van der Waals surface area contributed by atoms with E-state index in [1.165, 1.54) is 14.0 Å². The molecule has 2 N–H and O–H groups in total. The lowest BCUT2D eigenvalue weighted by Gasteiger charge is -2.12. The van der Waals surface area contributed by atoms with Gasteiger partial charge in [-0.3, -0.25) is 4.79 Å². The molecule has 1 atom stereocenters. The van der Waals surface area contributed by atoms with E-state index in [2.05, 4.69) is 21.9 Å². The number of hydrogen-bond acceptors (Lipinski definition) is 4. The molecule has 19 heavy (non-hydrogen) atoms. The zero-order chi connectivity index (χ0) is 14.3. The van der Waals surface area contributed by atoms with Crippen molar-refractivity contribution < 1.29 is 19.4 Å². The van der Waals surface area contributed by atoms with E-state index >= 15 is 0 Å². The quantitative estimate of drug-likeness (QED) is 0.607. The van der Waals surface area contributed by atoms with Gasteiger partial charge in [-0.25, -0.2) is 4.79 Å². The highest BCUT2D eigenvalue weighted by atomic mass is 16.5. The monoisotopic (exact) mass is 261 g/mol. The number of ether oxygens (including phenoxy) is 1. The molecule has 5 nitrogen and oxygen atoms in total. The molecule has 0 aliphatic heterocycles. The molecule has 0 spiro atoms. The van der Waals surface area contributed by atoms with Gasteiger partial charge in [-0.15, -0.1) is 0 Å². The minimum atomic E-state index is -0.739. The Morgan fingerprint density at radius 3 is 2.74 bits per heavy atom. The summed E-state index contributed by atoms with van der Waals surface area (Å²) >= 11 is 0. The fourth-order valence-electron chi connectivity index (χ4n) is 1.43. The van der Waals surface area contributed by atoms with Gasteiger partial charge in [0.2, 0.25) is 0 Å². The summed E-state index contributed by atoms with van der Waals surface area (Å²) in [4.78, 5) is 23.2. The van der Waals surface area contributed by atoms with E-state index in [1.54, 1.807) is 24.3 Å². The lowest BCUT2D eigenvalue weighted by atomic mass is 10.1. The molecular formula is C14H15NO4. The summed E-state index contributed by atoms with van der Waals surface area (Å²) in [6.07, 6.45) is 0. The number of methoxy groups -OCH3 is 1. The highest BCUT2D eigenvalue weighted by molar-refractivity contribution is 5.98. The predicted octanol–water partition coefficient (Wildman–Crippen LogP) is 0.322. The van der Waals surface area contributed by atoms with Crippen LogP contribution in [-0.4, -0.2) is 36.7 Å². The molecule has 0 saturated carbocycles. The first-order chi connectivity index (χ1) is 9.10. The second kappa shape index (κ2) is 7.19. The molecule has 1 aromatic rings. The minimum Gasteiger partial charge on any atom is -0.467 e. The average Bonchev–Trinajstić information content (AvgIpc) is 2.44. The van der Waals surface area contributed by atoms with Gasteiger partial charge in [0.1, 0.15) is 12.6 Å². The van der Waals surface area contributed by atoms with Crippen molar-refractivity contribution in [3.63, 3.8) is 0 Å². The van der Waals surface area contributed by atoms with Gasteiger partial charge in [-0.2, -0.15) is 0 Å². The van der Waals surface area contributed by atoms with Crippen molar-refractivity contribution in [3.8, 4) is 11.8 Å². The molecule has 1 unspecified atom stereocenters. The topological polar surface area (TPSA) is 75.6 Å². The number of benzene rings is 1.